The number of aryl methyl sites for hydroxylation is 1. The Morgan fingerprint density at radius 3 is 2.41 bits per heavy atom. The van der Waals surface area contributed by atoms with Crippen LogP contribution in [0.4, 0.5) is 0 Å². The molecular formula is C12H19N3O6S. The molecule has 0 fully saturated rings. The molecule has 0 aliphatic rings. The van der Waals surface area contributed by atoms with E-state index in [1.807, 2.05) is 0 Å². The van der Waals surface area contributed by atoms with E-state index in [2.05, 4.69) is 19.3 Å². The van der Waals surface area contributed by atoms with Gasteiger partial charge in [0.05, 0.1) is 13.4 Å². The third-order valence-corrected chi connectivity index (χ3v) is 3.14. The van der Waals surface area contributed by atoms with E-state index in [9.17, 15) is 18.0 Å². The highest BCUT2D eigenvalue weighted by Gasteiger charge is 2.28. The van der Waals surface area contributed by atoms with Crippen LogP contribution in [0.2, 0.25) is 0 Å². The molecule has 1 atom stereocenters. The first kappa shape index (κ1) is 18.0. The third-order valence-electron chi connectivity index (χ3n) is 2.68. The van der Waals surface area contributed by atoms with Crippen LogP contribution < -0.4 is 9.50 Å². The lowest BCUT2D eigenvalue weighted by Gasteiger charge is -2.19. The second-order valence-electron chi connectivity index (χ2n) is 5.03. The molecule has 0 aliphatic heterocycles. The highest BCUT2D eigenvalue weighted by molar-refractivity contribution is 7.86. The fraction of sp³-hybridized carbons (Fsp3) is 0.583. The minimum absolute atomic E-state index is 0.0949. The number of carbonyl (C=O) groups excluding carboxylic acids is 2. The van der Waals surface area contributed by atoms with Gasteiger partial charge in [0.1, 0.15) is 11.6 Å². The van der Waals surface area contributed by atoms with Crippen LogP contribution in [0.25, 0.3) is 0 Å². The Morgan fingerprint density at radius 2 is 1.95 bits per heavy atom. The van der Waals surface area contributed by atoms with Gasteiger partial charge < -0.3 is 14.2 Å². The lowest BCUT2D eigenvalue weighted by atomic mass is 10.0. The number of rotatable bonds is 6. The van der Waals surface area contributed by atoms with Gasteiger partial charge >= 0.3 is 16.1 Å². The zero-order chi connectivity index (χ0) is 17.1. The largest absolute Gasteiger partial charge is 0.467 e. The monoisotopic (exact) mass is 333 g/mol. The Hall–Kier alpha value is -2.10. The molecule has 1 amide bonds. The second-order valence-corrected chi connectivity index (χ2v) is 6.60. The second kappa shape index (κ2) is 6.77. The number of nitrogens with one attached hydrogen (secondary N) is 1. The number of methoxy groups -OCH3 is 1. The van der Waals surface area contributed by atoms with Gasteiger partial charge in [-0.05, 0) is 5.92 Å². The maximum absolute atomic E-state index is 12.3. The van der Waals surface area contributed by atoms with Crippen molar-refractivity contribution in [1.29, 1.82) is 0 Å². The molecular weight excluding hydrogens is 314 g/mol. The molecule has 0 saturated carbocycles. The standard InChI is InChI=1S/C12H19N3O6S/c1-7(2)9(12(17)20-4)13-10(16)8-6-15(3)14-11(8)21-22(5,18)19/h6-7,9H,1-5H3,(H,13,16). The van der Waals surface area contributed by atoms with Crippen molar-refractivity contribution in [1.82, 2.24) is 15.1 Å². The number of hydrogen-bond donors (Lipinski definition) is 1. The summed E-state index contributed by atoms with van der Waals surface area (Å²) in [5.74, 6) is -1.85. The van der Waals surface area contributed by atoms with E-state index in [0.717, 1.165) is 6.26 Å². The number of hydrogen-bond acceptors (Lipinski definition) is 7. The summed E-state index contributed by atoms with van der Waals surface area (Å²) in [6.07, 6.45) is 2.14. The van der Waals surface area contributed by atoms with Gasteiger partial charge in [-0.1, -0.05) is 13.8 Å². The summed E-state index contributed by atoms with van der Waals surface area (Å²) in [4.78, 5) is 23.9. The molecule has 22 heavy (non-hydrogen) atoms. The average molecular weight is 333 g/mol. The highest BCUT2D eigenvalue weighted by Crippen LogP contribution is 2.18. The normalized spacial score (nSPS) is 12.8. The van der Waals surface area contributed by atoms with Crippen molar-refractivity contribution in [3.8, 4) is 5.88 Å². The van der Waals surface area contributed by atoms with Gasteiger partial charge in [0.15, 0.2) is 0 Å². The highest BCUT2D eigenvalue weighted by atomic mass is 32.2. The Bertz CT molecular complexity index is 664. The molecule has 124 valence electrons. The van der Waals surface area contributed by atoms with E-state index < -0.39 is 28.0 Å². The summed E-state index contributed by atoms with van der Waals surface area (Å²) in [5.41, 5.74) is -0.0949. The van der Waals surface area contributed by atoms with Crippen LogP contribution in [0.5, 0.6) is 5.88 Å². The minimum atomic E-state index is -3.83. The first-order valence-corrected chi connectivity index (χ1v) is 8.18. The SMILES string of the molecule is COC(=O)C(NC(=O)c1cn(C)nc1OS(C)(=O)=O)C(C)C. The number of ether oxygens (including phenoxy) is 1. The maximum Gasteiger partial charge on any atom is 0.328 e. The lowest BCUT2D eigenvalue weighted by molar-refractivity contribution is -0.144. The van der Waals surface area contributed by atoms with Gasteiger partial charge in [0, 0.05) is 13.2 Å². The zero-order valence-corrected chi connectivity index (χ0v) is 13.8. The molecule has 1 heterocycles. The van der Waals surface area contributed by atoms with Crippen LogP contribution in [0.3, 0.4) is 0 Å². The Morgan fingerprint density at radius 1 is 1.36 bits per heavy atom. The third kappa shape index (κ3) is 4.72. The summed E-state index contributed by atoms with van der Waals surface area (Å²) < 4.78 is 32.9. The molecule has 1 aromatic rings. The molecule has 1 unspecified atom stereocenters. The predicted octanol–water partition coefficient (Wildman–Crippen LogP) is -0.314. The number of nitrogens with zero attached hydrogens (tertiary/aromatic N) is 2. The fourth-order valence-corrected chi connectivity index (χ4v) is 2.08. The Labute approximate surface area is 128 Å². The topological polar surface area (TPSA) is 117 Å². The van der Waals surface area contributed by atoms with E-state index in [0.29, 0.717) is 0 Å². The molecule has 0 spiro atoms. The van der Waals surface area contributed by atoms with Gasteiger partial charge in [-0.3, -0.25) is 9.48 Å². The van der Waals surface area contributed by atoms with Gasteiger partial charge in [-0.2, -0.15) is 8.42 Å². The molecule has 1 N–H and O–H groups in total. The maximum atomic E-state index is 12.3. The van der Waals surface area contributed by atoms with Crippen molar-refractivity contribution >= 4 is 22.0 Å². The summed E-state index contributed by atoms with van der Waals surface area (Å²) >= 11 is 0. The molecule has 0 aliphatic carbocycles. The van der Waals surface area contributed by atoms with Gasteiger partial charge in [-0.15, -0.1) is 5.10 Å². The molecule has 1 rings (SSSR count). The van der Waals surface area contributed by atoms with E-state index in [-0.39, 0.29) is 17.4 Å². The van der Waals surface area contributed by atoms with Crippen LogP contribution in [0.1, 0.15) is 24.2 Å². The van der Waals surface area contributed by atoms with Crippen molar-refractivity contribution in [3.05, 3.63) is 11.8 Å². The van der Waals surface area contributed by atoms with Crippen LogP contribution in [-0.4, -0.2) is 49.5 Å². The molecule has 0 radical (unpaired) electrons. The van der Waals surface area contributed by atoms with Crippen molar-refractivity contribution in [2.45, 2.75) is 19.9 Å². The van der Waals surface area contributed by atoms with E-state index in [4.69, 9.17) is 0 Å². The zero-order valence-electron chi connectivity index (χ0n) is 13.0. The molecule has 0 aromatic carbocycles. The molecule has 0 bridgehead atoms. The molecule has 1 aromatic heterocycles. The first-order chi connectivity index (χ1) is 10.0. The van der Waals surface area contributed by atoms with Crippen molar-refractivity contribution < 1.29 is 26.9 Å². The lowest BCUT2D eigenvalue weighted by Crippen LogP contribution is -2.45. The van der Waals surface area contributed by atoms with Gasteiger partial charge in [0.2, 0.25) is 0 Å². The van der Waals surface area contributed by atoms with Crippen LogP contribution in [-0.2, 0) is 26.7 Å². The van der Waals surface area contributed by atoms with Gasteiger partial charge in [0.25, 0.3) is 11.8 Å². The van der Waals surface area contributed by atoms with Crippen LogP contribution >= 0.6 is 0 Å². The fourth-order valence-electron chi connectivity index (χ4n) is 1.67. The summed E-state index contributed by atoms with van der Waals surface area (Å²) in [6.45, 7) is 3.47. The van der Waals surface area contributed by atoms with E-state index in [1.165, 1.54) is 25.0 Å². The predicted molar refractivity (Wildman–Crippen MR) is 76.8 cm³/mol. The quantitative estimate of drug-likeness (QED) is 0.560. The number of amides is 1. The number of aromatic nitrogens is 2. The van der Waals surface area contributed by atoms with Crippen molar-refractivity contribution in [2.24, 2.45) is 13.0 Å². The minimum Gasteiger partial charge on any atom is -0.467 e. The van der Waals surface area contributed by atoms with Crippen LogP contribution in [0.15, 0.2) is 6.20 Å². The smallest absolute Gasteiger partial charge is 0.328 e. The Kier molecular flexibility index (Phi) is 5.53. The first-order valence-electron chi connectivity index (χ1n) is 6.37. The van der Waals surface area contributed by atoms with Crippen LogP contribution in [0, 0.1) is 5.92 Å². The summed E-state index contributed by atoms with van der Waals surface area (Å²) in [7, 11) is -1.11. The van der Waals surface area contributed by atoms with Crippen molar-refractivity contribution in [3.63, 3.8) is 0 Å². The van der Waals surface area contributed by atoms with Crippen molar-refractivity contribution in [2.75, 3.05) is 13.4 Å². The number of esters is 1. The molecule has 9 nitrogen and oxygen atoms in total. The average Bonchev–Trinajstić information content (AvgIpc) is 2.73. The Balaban J connectivity index is 3.05. The van der Waals surface area contributed by atoms with Gasteiger partial charge in [-0.25, -0.2) is 4.79 Å². The van der Waals surface area contributed by atoms with E-state index >= 15 is 0 Å². The van der Waals surface area contributed by atoms with E-state index in [1.54, 1.807) is 13.8 Å². The molecule has 0 saturated heterocycles. The summed E-state index contributed by atoms with van der Waals surface area (Å²) in [5, 5.41) is 6.25. The molecule has 10 heteroatoms. The number of carbonyl (C=O) groups is 2. The summed E-state index contributed by atoms with van der Waals surface area (Å²) in [6, 6.07) is -0.871.